The molecule has 0 saturated carbocycles. The topological polar surface area (TPSA) is 17.8 Å². The van der Waals surface area contributed by atoms with Crippen LogP contribution in [-0.2, 0) is 0 Å². The number of hydrogen-bond donors (Lipinski definition) is 0. The fourth-order valence-corrected chi connectivity index (χ4v) is 2.79. The predicted octanol–water partition coefficient (Wildman–Crippen LogP) is 5.08. The van der Waals surface area contributed by atoms with E-state index in [-0.39, 0.29) is 11.2 Å². The number of rotatable bonds is 2. The maximum absolute atomic E-state index is 13.7. The van der Waals surface area contributed by atoms with E-state index >= 15 is 0 Å². The first kappa shape index (κ1) is 14.1. The van der Waals surface area contributed by atoms with Gasteiger partial charge in [-0.15, -0.1) is 11.6 Å². The molecule has 3 rings (SSSR count). The monoisotopic (exact) mass is 302 g/mol. The summed E-state index contributed by atoms with van der Waals surface area (Å²) < 4.78 is 15.7. The van der Waals surface area contributed by atoms with Crippen molar-refractivity contribution in [3.05, 3.63) is 59.2 Å². The summed E-state index contributed by atoms with van der Waals surface area (Å²) in [4.78, 5) is 4.63. The van der Waals surface area contributed by atoms with Gasteiger partial charge < -0.3 is 0 Å². The fraction of sp³-hybridized carbons (Fsp3) is 0.235. The summed E-state index contributed by atoms with van der Waals surface area (Å²) in [6.45, 7) is 5.86. The van der Waals surface area contributed by atoms with Crippen molar-refractivity contribution in [2.24, 2.45) is 0 Å². The predicted molar refractivity (Wildman–Crippen MR) is 84.8 cm³/mol. The zero-order chi connectivity index (χ0) is 15.1. The molecule has 0 saturated heterocycles. The first-order chi connectivity index (χ1) is 9.99. The maximum Gasteiger partial charge on any atom is 0.132 e. The van der Waals surface area contributed by atoms with Gasteiger partial charge in [0, 0.05) is 0 Å². The van der Waals surface area contributed by atoms with Gasteiger partial charge in [0.05, 0.1) is 22.1 Å². The van der Waals surface area contributed by atoms with Crippen LogP contribution in [0.4, 0.5) is 4.39 Å². The van der Waals surface area contributed by atoms with Crippen molar-refractivity contribution in [1.29, 1.82) is 0 Å². The second-order valence-corrected chi connectivity index (χ2v) is 5.95. The van der Waals surface area contributed by atoms with E-state index in [1.165, 1.54) is 12.1 Å². The molecule has 1 heterocycles. The Labute approximate surface area is 128 Å². The molecule has 1 unspecified atom stereocenters. The van der Waals surface area contributed by atoms with E-state index < -0.39 is 0 Å². The molecule has 3 aromatic rings. The SMILES string of the molecule is Cc1ccc(F)cc1-n1c(C(C)Cl)nc2cccc(C)c21. The molecule has 2 nitrogen and oxygen atoms in total. The molecular formula is C17H16ClFN2. The largest absolute Gasteiger partial charge is 0.294 e. The molecule has 0 fully saturated rings. The van der Waals surface area contributed by atoms with Crippen LogP contribution in [-0.4, -0.2) is 9.55 Å². The zero-order valence-corrected chi connectivity index (χ0v) is 12.9. The van der Waals surface area contributed by atoms with Crippen LogP contribution >= 0.6 is 11.6 Å². The van der Waals surface area contributed by atoms with Gasteiger partial charge in [0.25, 0.3) is 0 Å². The summed E-state index contributed by atoms with van der Waals surface area (Å²) in [6.07, 6.45) is 0. The lowest BCUT2D eigenvalue weighted by Crippen LogP contribution is -2.05. The van der Waals surface area contributed by atoms with Crippen LogP contribution in [0.15, 0.2) is 36.4 Å². The van der Waals surface area contributed by atoms with Crippen molar-refractivity contribution in [1.82, 2.24) is 9.55 Å². The number of alkyl halides is 1. The minimum Gasteiger partial charge on any atom is -0.294 e. The Morgan fingerprint density at radius 1 is 1.14 bits per heavy atom. The van der Waals surface area contributed by atoms with Gasteiger partial charge in [-0.05, 0) is 50.1 Å². The Hall–Kier alpha value is -1.87. The smallest absolute Gasteiger partial charge is 0.132 e. The first-order valence-corrected chi connectivity index (χ1v) is 7.31. The van der Waals surface area contributed by atoms with Gasteiger partial charge in [-0.3, -0.25) is 4.57 Å². The summed E-state index contributed by atoms with van der Waals surface area (Å²) in [7, 11) is 0. The van der Waals surface area contributed by atoms with Gasteiger partial charge in [0.15, 0.2) is 0 Å². The molecule has 1 atom stereocenters. The quantitative estimate of drug-likeness (QED) is 0.604. The van der Waals surface area contributed by atoms with E-state index in [2.05, 4.69) is 4.98 Å². The van der Waals surface area contributed by atoms with Gasteiger partial charge in [-0.25, -0.2) is 9.37 Å². The van der Waals surface area contributed by atoms with Crippen LogP contribution in [0.1, 0.15) is 29.3 Å². The molecule has 4 heteroatoms. The minimum absolute atomic E-state index is 0.264. The number of imidazole rings is 1. The van der Waals surface area contributed by atoms with E-state index in [9.17, 15) is 4.39 Å². The molecular weight excluding hydrogens is 287 g/mol. The van der Waals surface area contributed by atoms with Crippen LogP contribution in [0.5, 0.6) is 0 Å². The normalized spacial score (nSPS) is 12.8. The van der Waals surface area contributed by atoms with Crippen molar-refractivity contribution >= 4 is 22.6 Å². The summed E-state index contributed by atoms with van der Waals surface area (Å²) in [5, 5.41) is -0.264. The molecule has 0 spiro atoms. The third kappa shape index (κ3) is 2.32. The number of aryl methyl sites for hydroxylation is 2. The molecule has 0 aliphatic heterocycles. The van der Waals surface area contributed by atoms with Crippen LogP contribution in [0.2, 0.25) is 0 Å². The number of halogens is 2. The van der Waals surface area contributed by atoms with Gasteiger partial charge in [0.1, 0.15) is 11.6 Å². The molecule has 0 radical (unpaired) electrons. The average molecular weight is 303 g/mol. The number of para-hydroxylation sites is 1. The van der Waals surface area contributed by atoms with Crippen molar-refractivity contribution in [3.63, 3.8) is 0 Å². The Kier molecular flexibility index (Phi) is 3.46. The van der Waals surface area contributed by atoms with Crippen LogP contribution < -0.4 is 0 Å². The van der Waals surface area contributed by atoms with E-state index in [1.54, 1.807) is 6.07 Å². The number of hydrogen-bond acceptors (Lipinski definition) is 1. The lowest BCUT2D eigenvalue weighted by molar-refractivity contribution is 0.625. The van der Waals surface area contributed by atoms with Crippen LogP contribution in [0.25, 0.3) is 16.7 Å². The molecule has 0 amide bonds. The lowest BCUT2D eigenvalue weighted by atomic mass is 10.1. The van der Waals surface area contributed by atoms with E-state index in [0.29, 0.717) is 0 Å². The highest BCUT2D eigenvalue weighted by molar-refractivity contribution is 6.20. The molecule has 0 bridgehead atoms. The second kappa shape index (κ2) is 5.15. The highest BCUT2D eigenvalue weighted by Gasteiger charge is 2.19. The molecule has 2 aromatic carbocycles. The van der Waals surface area contributed by atoms with Crippen molar-refractivity contribution in [2.75, 3.05) is 0 Å². The molecule has 21 heavy (non-hydrogen) atoms. The first-order valence-electron chi connectivity index (χ1n) is 6.87. The van der Waals surface area contributed by atoms with E-state index in [0.717, 1.165) is 33.7 Å². The third-order valence-electron chi connectivity index (χ3n) is 3.67. The van der Waals surface area contributed by atoms with Crippen LogP contribution in [0, 0.1) is 19.7 Å². The molecule has 0 N–H and O–H groups in total. The van der Waals surface area contributed by atoms with E-state index in [1.807, 2.05) is 43.5 Å². The third-order valence-corrected chi connectivity index (χ3v) is 3.87. The van der Waals surface area contributed by atoms with Crippen molar-refractivity contribution in [3.8, 4) is 5.69 Å². The van der Waals surface area contributed by atoms with Gasteiger partial charge in [0.2, 0.25) is 0 Å². The average Bonchev–Trinajstić information content (AvgIpc) is 2.82. The number of benzene rings is 2. The van der Waals surface area contributed by atoms with Gasteiger partial charge in [-0.2, -0.15) is 0 Å². The number of nitrogens with zero attached hydrogens (tertiary/aromatic N) is 2. The number of aromatic nitrogens is 2. The summed E-state index contributed by atoms with van der Waals surface area (Å²) in [6, 6.07) is 10.7. The summed E-state index contributed by atoms with van der Waals surface area (Å²) in [5.41, 5.74) is 4.72. The Morgan fingerprint density at radius 3 is 2.62 bits per heavy atom. The van der Waals surface area contributed by atoms with Gasteiger partial charge >= 0.3 is 0 Å². The zero-order valence-electron chi connectivity index (χ0n) is 12.2. The lowest BCUT2D eigenvalue weighted by Gasteiger charge is -2.14. The Balaban J connectivity index is 2.44. The Morgan fingerprint density at radius 2 is 1.90 bits per heavy atom. The van der Waals surface area contributed by atoms with Crippen molar-refractivity contribution in [2.45, 2.75) is 26.1 Å². The van der Waals surface area contributed by atoms with Crippen molar-refractivity contribution < 1.29 is 4.39 Å². The standard InChI is InChI=1S/C17H16ClFN2/c1-10-7-8-13(19)9-15(10)21-16-11(2)5-4-6-14(16)20-17(21)12(3)18/h4-9,12H,1-3H3. The highest BCUT2D eigenvalue weighted by atomic mass is 35.5. The molecule has 0 aliphatic carbocycles. The van der Waals surface area contributed by atoms with Crippen LogP contribution in [0.3, 0.4) is 0 Å². The van der Waals surface area contributed by atoms with Gasteiger partial charge in [-0.1, -0.05) is 18.2 Å². The molecule has 108 valence electrons. The summed E-state index contributed by atoms with van der Waals surface area (Å²) in [5.74, 6) is 0.467. The number of fused-ring (bicyclic) bond motifs is 1. The minimum atomic E-state index is -0.265. The second-order valence-electron chi connectivity index (χ2n) is 5.29. The molecule has 1 aromatic heterocycles. The highest BCUT2D eigenvalue weighted by Crippen LogP contribution is 2.31. The fourth-order valence-electron chi connectivity index (χ4n) is 2.65. The van der Waals surface area contributed by atoms with E-state index in [4.69, 9.17) is 11.6 Å². The maximum atomic E-state index is 13.7. The molecule has 0 aliphatic rings. The Bertz CT molecular complexity index is 821. The summed E-state index contributed by atoms with van der Waals surface area (Å²) >= 11 is 6.30.